The molecular weight excluding hydrogens is 468 g/mol. The fourth-order valence-electron chi connectivity index (χ4n) is 2.49. The monoisotopic (exact) mass is 482 g/mol. The van der Waals surface area contributed by atoms with E-state index in [4.69, 9.17) is 4.74 Å². The van der Waals surface area contributed by atoms with Crippen LogP contribution in [0.15, 0.2) is 15.0 Å². The Bertz CT molecular complexity index is 555. The molecular formula is C13H16Br2ClF3N2O2. The number of alkyl halides is 3. The van der Waals surface area contributed by atoms with Gasteiger partial charge in [0.25, 0.3) is 0 Å². The summed E-state index contributed by atoms with van der Waals surface area (Å²) in [4.78, 5) is 1.37. The Morgan fingerprint density at radius 2 is 1.83 bits per heavy atom. The van der Waals surface area contributed by atoms with Crippen LogP contribution in [0.5, 0.6) is 11.5 Å². The van der Waals surface area contributed by atoms with E-state index in [0.29, 0.717) is 13.1 Å². The molecule has 0 unspecified atom stereocenters. The van der Waals surface area contributed by atoms with Crippen molar-refractivity contribution < 1.29 is 23.0 Å². The third-order valence-corrected chi connectivity index (χ3v) is 5.67. The summed E-state index contributed by atoms with van der Waals surface area (Å²) in [7, 11) is 1.30. The van der Waals surface area contributed by atoms with E-state index in [1.54, 1.807) is 0 Å². The lowest BCUT2D eigenvalue weighted by atomic mass is 10.0. The molecule has 0 bridgehead atoms. The number of benzene rings is 1. The molecule has 0 aliphatic carbocycles. The number of ether oxygens (including phenoxy) is 1. The van der Waals surface area contributed by atoms with Gasteiger partial charge in [0, 0.05) is 30.7 Å². The zero-order chi connectivity index (χ0) is 16.5. The van der Waals surface area contributed by atoms with E-state index in [1.807, 2.05) is 0 Å². The normalized spacial score (nSPS) is 17.5. The van der Waals surface area contributed by atoms with Gasteiger partial charge in [-0.3, -0.25) is 4.90 Å². The van der Waals surface area contributed by atoms with E-state index in [2.05, 4.69) is 37.2 Å². The summed E-state index contributed by atoms with van der Waals surface area (Å²) in [6.07, 6.45) is -4.44. The molecule has 0 spiro atoms. The van der Waals surface area contributed by atoms with Gasteiger partial charge in [0.15, 0.2) is 11.5 Å². The van der Waals surface area contributed by atoms with E-state index in [0.717, 1.165) is 0 Å². The molecule has 1 heterocycles. The Hall–Kier alpha value is -0.220. The maximum absolute atomic E-state index is 13.6. The molecule has 0 amide bonds. The smallest absolute Gasteiger partial charge is 0.408 e. The number of aromatic hydroxyl groups is 1. The van der Waals surface area contributed by atoms with Crippen molar-refractivity contribution >= 4 is 44.3 Å². The minimum atomic E-state index is -4.44. The number of halogens is 6. The van der Waals surface area contributed by atoms with Crippen LogP contribution in [0.3, 0.4) is 0 Å². The quantitative estimate of drug-likeness (QED) is 0.684. The number of phenols is 1. The van der Waals surface area contributed by atoms with Crippen LogP contribution in [0, 0.1) is 0 Å². The highest BCUT2D eigenvalue weighted by Crippen LogP contribution is 2.48. The van der Waals surface area contributed by atoms with Crippen LogP contribution in [-0.4, -0.2) is 49.5 Å². The number of piperazine rings is 1. The first-order valence-corrected chi connectivity index (χ1v) is 8.12. The van der Waals surface area contributed by atoms with Crippen LogP contribution in [0.4, 0.5) is 13.2 Å². The van der Waals surface area contributed by atoms with Crippen molar-refractivity contribution in [2.45, 2.75) is 12.2 Å². The lowest BCUT2D eigenvalue weighted by Crippen LogP contribution is -2.49. The number of nitrogens with zero attached hydrogens (tertiary/aromatic N) is 1. The second kappa shape index (κ2) is 8.24. The van der Waals surface area contributed by atoms with Crippen LogP contribution in [0.2, 0.25) is 0 Å². The summed E-state index contributed by atoms with van der Waals surface area (Å²) in [6, 6.07) is -0.542. The van der Waals surface area contributed by atoms with Gasteiger partial charge in [0.05, 0.1) is 11.6 Å². The Morgan fingerprint density at radius 1 is 1.26 bits per heavy atom. The Balaban J connectivity index is 0.00000264. The first kappa shape index (κ1) is 20.8. The molecule has 10 heteroatoms. The standard InChI is InChI=1S/C13H15Br2F3N2O2.ClH/c1-22-8-6-7(9(14)10(15)11(8)21)12(13(16,17)18)20-4-2-19-3-5-20;/h6,12,19,21H,2-5H2,1H3;1H/t12-;/m1./s1. The highest BCUT2D eigenvalue weighted by Gasteiger charge is 2.46. The first-order valence-electron chi connectivity index (χ1n) is 6.53. The van der Waals surface area contributed by atoms with Gasteiger partial charge in [0.1, 0.15) is 6.04 Å². The Kier molecular flexibility index (Phi) is 7.46. The summed E-state index contributed by atoms with van der Waals surface area (Å²) in [5.74, 6) is -0.242. The van der Waals surface area contributed by atoms with Crippen LogP contribution < -0.4 is 10.1 Å². The van der Waals surface area contributed by atoms with E-state index in [1.165, 1.54) is 18.1 Å². The second-order valence-electron chi connectivity index (χ2n) is 4.87. The van der Waals surface area contributed by atoms with Gasteiger partial charge in [-0.25, -0.2) is 0 Å². The molecule has 0 radical (unpaired) electrons. The van der Waals surface area contributed by atoms with Gasteiger partial charge in [-0.15, -0.1) is 12.4 Å². The van der Waals surface area contributed by atoms with Crippen LogP contribution in [0.25, 0.3) is 0 Å². The summed E-state index contributed by atoms with van der Waals surface area (Å²) < 4.78 is 46.2. The summed E-state index contributed by atoms with van der Waals surface area (Å²) in [5, 5.41) is 12.9. The maximum atomic E-state index is 13.6. The van der Waals surface area contributed by atoms with Crippen molar-refractivity contribution in [3.63, 3.8) is 0 Å². The second-order valence-corrected chi connectivity index (χ2v) is 6.46. The average Bonchev–Trinajstić information content (AvgIpc) is 2.47. The molecule has 1 aromatic carbocycles. The lowest BCUT2D eigenvalue weighted by Gasteiger charge is -2.36. The van der Waals surface area contributed by atoms with Gasteiger partial charge in [-0.05, 0) is 43.5 Å². The van der Waals surface area contributed by atoms with E-state index < -0.39 is 12.2 Å². The van der Waals surface area contributed by atoms with Gasteiger partial charge in [-0.1, -0.05) is 0 Å². The van der Waals surface area contributed by atoms with Gasteiger partial charge >= 0.3 is 6.18 Å². The molecule has 0 aromatic heterocycles. The van der Waals surface area contributed by atoms with Crippen molar-refractivity contribution in [1.29, 1.82) is 0 Å². The minimum absolute atomic E-state index is 0. The van der Waals surface area contributed by atoms with Crippen molar-refractivity contribution in [2.24, 2.45) is 0 Å². The van der Waals surface area contributed by atoms with Crippen molar-refractivity contribution in [3.05, 3.63) is 20.6 Å². The highest BCUT2D eigenvalue weighted by molar-refractivity contribution is 9.13. The molecule has 2 rings (SSSR count). The topological polar surface area (TPSA) is 44.7 Å². The van der Waals surface area contributed by atoms with Crippen LogP contribution in [-0.2, 0) is 0 Å². The van der Waals surface area contributed by atoms with Gasteiger partial charge < -0.3 is 15.2 Å². The number of hydrogen-bond donors (Lipinski definition) is 2. The molecule has 4 nitrogen and oxygen atoms in total. The molecule has 0 saturated carbocycles. The van der Waals surface area contributed by atoms with Crippen LogP contribution >= 0.6 is 44.3 Å². The fraction of sp³-hybridized carbons (Fsp3) is 0.538. The number of methoxy groups -OCH3 is 1. The first-order chi connectivity index (χ1) is 10.3. The molecule has 1 aliphatic rings. The molecule has 23 heavy (non-hydrogen) atoms. The van der Waals surface area contributed by atoms with Crippen molar-refractivity contribution in [3.8, 4) is 11.5 Å². The molecule has 1 fully saturated rings. The van der Waals surface area contributed by atoms with Crippen LogP contribution in [0.1, 0.15) is 11.6 Å². The zero-order valence-electron chi connectivity index (χ0n) is 12.1. The molecule has 1 saturated heterocycles. The van der Waals surface area contributed by atoms with Gasteiger partial charge in [-0.2, -0.15) is 13.2 Å². The van der Waals surface area contributed by atoms with E-state index in [-0.39, 0.29) is 51.5 Å². The van der Waals surface area contributed by atoms with E-state index in [9.17, 15) is 18.3 Å². The third kappa shape index (κ3) is 4.45. The maximum Gasteiger partial charge on any atom is 0.408 e. The largest absolute Gasteiger partial charge is 0.503 e. The Labute approximate surface area is 155 Å². The number of rotatable bonds is 3. The summed E-state index contributed by atoms with van der Waals surface area (Å²) >= 11 is 6.25. The highest BCUT2D eigenvalue weighted by atomic mass is 79.9. The predicted molar refractivity (Wildman–Crippen MR) is 90.5 cm³/mol. The molecule has 1 aliphatic heterocycles. The summed E-state index contributed by atoms with van der Waals surface area (Å²) in [5.41, 5.74) is 0.0101. The number of nitrogens with one attached hydrogen (secondary N) is 1. The lowest BCUT2D eigenvalue weighted by molar-refractivity contribution is -0.188. The number of hydrogen-bond acceptors (Lipinski definition) is 4. The molecule has 1 atom stereocenters. The van der Waals surface area contributed by atoms with Crippen molar-refractivity contribution in [2.75, 3.05) is 33.3 Å². The van der Waals surface area contributed by atoms with Crippen molar-refractivity contribution in [1.82, 2.24) is 10.2 Å². The summed E-state index contributed by atoms with van der Waals surface area (Å²) in [6.45, 7) is 1.58. The molecule has 132 valence electrons. The molecule has 2 N–H and O–H groups in total. The van der Waals surface area contributed by atoms with E-state index >= 15 is 0 Å². The minimum Gasteiger partial charge on any atom is -0.503 e. The van der Waals surface area contributed by atoms with Gasteiger partial charge in [0.2, 0.25) is 0 Å². The predicted octanol–water partition coefficient (Wildman–Crippen LogP) is 3.86. The average molecular weight is 485 g/mol. The SMILES string of the molecule is COc1cc([C@@H](N2CCNCC2)C(F)(F)F)c(Br)c(Br)c1O.Cl. The Morgan fingerprint density at radius 3 is 2.30 bits per heavy atom. The fourth-order valence-corrected chi connectivity index (χ4v) is 3.43. The third-order valence-electron chi connectivity index (χ3n) is 3.52. The molecule has 1 aromatic rings. The number of phenolic OH excluding ortho intramolecular Hbond substituents is 1. The zero-order valence-corrected chi connectivity index (χ0v) is 16.1.